The highest BCUT2D eigenvalue weighted by atomic mass is 28.3. The summed E-state index contributed by atoms with van der Waals surface area (Å²) in [5.41, 5.74) is 3.39. The van der Waals surface area contributed by atoms with Crippen molar-refractivity contribution in [3.05, 3.63) is 46.5 Å². The van der Waals surface area contributed by atoms with Crippen LogP contribution in [0.4, 0.5) is 0 Å². The van der Waals surface area contributed by atoms with E-state index in [0.29, 0.717) is 11.5 Å². The van der Waals surface area contributed by atoms with Gasteiger partial charge in [-0.3, -0.25) is 9.98 Å². The van der Waals surface area contributed by atoms with Crippen molar-refractivity contribution in [2.24, 2.45) is 9.98 Å². The number of aliphatic imine (C=N–C) groups is 2. The lowest BCUT2D eigenvalue weighted by molar-refractivity contribution is -0.928. The van der Waals surface area contributed by atoms with E-state index in [1.54, 1.807) is 0 Å². The van der Waals surface area contributed by atoms with Crippen LogP contribution < -0.4 is 10.4 Å². The van der Waals surface area contributed by atoms with Gasteiger partial charge in [-0.05, 0) is 98.3 Å². The fourth-order valence-corrected chi connectivity index (χ4v) is 16.4. The van der Waals surface area contributed by atoms with Gasteiger partial charge in [0.15, 0.2) is 0 Å². The van der Waals surface area contributed by atoms with Crippen molar-refractivity contribution < 1.29 is 19.2 Å². The highest BCUT2D eigenvalue weighted by molar-refractivity contribution is 6.90. The molecule has 0 bridgehead atoms. The normalized spacial score (nSPS) is 16.9. The highest BCUT2D eigenvalue weighted by Gasteiger charge is 2.34. The first-order valence-electron chi connectivity index (χ1n) is 29.5. The van der Waals surface area contributed by atoms with Crippen LogP contribution in [0.15, 0.2) is 34.3 Å². The Morgan fingerprint density at radius 2 is 0.743 bits per heavy atom. The molecule has 2 N–H and O–H groups in total. The number of phenolic OH excluding ortho intramolecular Hbond substituents is 2. The van der Waals surface area contributed by atoms with Gasteiger partial charge in [0.1, 0.15) is 11.5 Å². The maximum atomic E-state index is 12.0. The molecule has 70 heavy (non-hydrogen) atoms. The number of hydrogen-bond donors (Lipinski definition) is 2. The standard InChI is InChI=1S/C62H112N4O2Si2/c1-17-23-35-65(36-24-18-2,37-25-19-3)41-31-43-69(13,14)53-45-51(59(67)55(47-53)61(7,8)9)49-63-57-33-29-30-34-58(57)64-50-52-46-54(48-56(60(52)68)62(10,11)12)70(15,16)44-32-42-66(38-26-20-4,39-27-21-5)40-28-22-6/h45-50,57-58H,17-44H2,1-16H3/p+2/t57-,58-/m0/s1. The second kappa shape index (κ2) is 29.0. The minimum Gasteiger partial charge on any atom is -0.507 e. The molecule has 3 rings (SSSR count). The SMILES string of the molecule is CCCC[N+](CCCC)(CCCC)CCC[Si](C)(C)c1cc(C=N[C@H]2CCCC[C@@H]2N=Cc2cc([Si](C)(C)CCC[N+](CCCC)(CCCC)CCCC)cc(C(C)(C)C)c2O)c(O)c(C(C)(C)C)c1. The molecule has 0 unspecified atom stereocenters. The third-order valence-corrected chi connectivity index (χ3v) is 23.7. The summed E-state index contributed by atoms with van der Waals surface area (Å²) in [6.45, 7) is 48.2. The van der Waals surface area contributed by atoms with E-state index < -0.39 is 16.1 Å². The fraction of sp³-hybridized carbons (Fsp3) is 0.774. The maximum Gasteiger partial charge on any atom is 0.128 e. The summed E-state index contributed by atoms with van der Waals surface area (Å²) < 4.78 is 2.60. The Hall–Kier alpha value is -2.27. The molecule has 1 aliphatic rings. The van der Waals surface area contributed by atoms with Crippen LogP contribution >= 0.6 is 0 Å². The molecular weight excluding hydrogens is 889 g/mol. The van der Waals surface area contributed by atoms with E-state index in [2.05, 4.69) is 134 Å². The molecule has 2 aromatic rings. The van der Waals surface area contributed by atoms with E-state index in [9.17, 15) is 10.2 Å². The van der Waals surface area contributed by atoms with Crippen LogP contribution in [0, 0.1) is 0 Å². The summed E-state index contributed by atoms with van der Waals surface area (Å²) in [4.78, 5) is 10.7. The number of quaternary nitrogens is 2. The summed E-state index contributed by atoms with van der Waals surface area (Å²) in [5.74, 6) is 0.761. The molecule has 2 atom stereocenters. The van der Waals surface area contributed by atoms with Crippen LogP contribution in [0.1, 0.15) is 221 Å². The molecule has 0 spiro atoms. The second-order valence-corrected chi connectivity index (χ2v) is 35.7. The van der Waals surface area contributed by atoms with Gasteiger partial charge in [0, 0.05) is 23.6 Å². The van der Waals surface area contributed by atoms with Crippen molar-refractivity contribution in [3.63, 3.8) is 0 Å². The third-order valence-electron chi connectivity index (χ3n) is 16.7. The Balaban J connectivity index is 1.96. The lowest BCUT2D eigenvalue weighted by atomic mass is 9.85. The van der Waals surface area contributed by atoms with Crippen molar-refractivity contribution in [2.45, 2.75) is 260 Å². The second-order valence-electron chi connectivity index (χ2n) is 26.0. The predicted molar refractivity (Wildman–Crippen MR) is 317 cm³/mol. The zero-order valence-electron chi connectivity index (χ0n) is 49.1. The Morgan fingerprint density at radius 1 is 0.471 bits per heavy atom. The van der Waals surface area contributed by atoms with Gasteiger partial charge in [-0.15, -0.1) is 0 Å². The quantitative estimate of drug-likeness (QED) is 0.0436. The van der Waals surface area contributed by atoms with Crippen LogP contribution in [-0.2, 0) is 10.8 Å². The summed E-state index contributed by atoms with van der Waals surface area (Å²) in [7, 11) is -3.74. The third kappa shape index (κ3) is 18.9. The van der Waals surface area contributed by atoms with Crippen molar-refractivity contribution in [1.82, 2.24) is 0 Å². The van der Waals surface area contributed by atoms with E-state index in [0.717, 1.165) is 47.9 Å². The van der Waals surface area contributed by atoms with E-state index in [4.69, 9.17) is 9.98 Å². The first-order chi connectivity index (χ1) is 33.0. The molecule has 0 aliphatic heterocycles. The molecule has 2 aromatic carbocycles. The van der Waals surface area contributed by atoms with Crippen LogP contribution in [0.25, 0.3) is 0 Å². The van der Waals surface area contributed by atoms with Crippen LogP contribution in [0.3, 0.4) is 0 Å². The average Bonchev–Trinajstić information content (AvgIpc) is 3.30. The molecule has 1 saturated carbocycles. The smallest absolute Gasteiger partial charge is 0.128 e. The van der Waals surface area contributed by atoms with Gasteiger partial charge in [-0.2, -0.15) is 0 Å². The molecule has 1 fully saturated rings. The number of hydrogen-bond acceptors (Lipinski definition) is 4. The number of nitrogens with zero attached hydrogens (tertiary/aromatic N) is 4. The largest absolute Gasteiger partial charge is 0.507 e. The van der Waals surface area contributed by atoms with Crippen molar-refractivity contribution in [3.8, 4) is 11.5 Å². The summed E-state index contributed by atoms with van der Waals surface area (Å²) in [5, 5.41) is 26.8. The number of phenols is 2. The van der Waals surface area contributed by atoms with Crippen LogP contribution in [0.5, 0.6) is 11.5 Å². The summed E-state index contributed by atoms with van der Waals surface area (Å²) >= 11 is 0. The molecule has 0 aromatic heterocycles. The fourth-order valence-electron chi connectivity index (χ4n) is 11.5. The zero-order chi connectivity index (χ0) is 52.2. The summed E-state index contributed by atoms with van der Waals surface area (Å²) in [6.07, 6.45) is 26.3. The Labute approximate surface area is 436 Å². The van der Waals surface area contributed by atoms with Crippen LogP contribution in [0.2, 0.25) is 38.3 Å². The van der Waals surface area contributed by atoms with Gasteiger partial charge in [0.25, 0.3) is 0 Å². The highest BCUT2D eigenvalue weighted by Crippen LogP contribution is 2.36. The van der Waals surface area contributed by atoms with Gasteiger partial charge in [-0.25, -0.2) is 0 Å². The lowest BCUT2D eigenvalue weighted by Gasteiger charge is -2.40. The average molecular weight is 1000 g/mol. The van der Waals surface area contributed by atoms with E-state index >= 15 is 0 Å². The molecule has 0 heterocycles. The molecular formula is C62H114N4O2Si2+2. The Bertz CT molecular complexity index is 1710. The van der Waals surface area contributed by atoms with Crippen molar-refractivity contribution >= 4 is 39.0 Å². The minimum absolute atomic E-state index is 0.0291. The zero-order valence-corrected chi connectivity index (χ0v) is 51.1. The molecule has 1 aliphatic carbocycles. The monoisotopic (exact) mass is 1000 g/mol. The first kappa shape index (κ1) is 62.0. The molecule has 8 heteroatoms. The van der Waals surface area contributed by atoms with Gasteiger partial charge in [0.2, 0.25) is 0 Å². The van der Waals surface area contributed by atoms with Crippen molar-refractivity contribution in [2.75, 3.05) is 52.4 Å². The molecule has 6 nitrogen and oxygen atoms in total. The van der Waals surface area contributed by atoms with Gasteiger partial charge in [-0.1, -0.05) is 195 Å². The van der Waals surface area contributed by atoms with Gasteiger partial charge in [0.05, 0.1) is 80.6 Å². The number of benzene rings is 2. The predicted octanol–water partition coefficient (Wildman–Crippen LogP) is 15.6. The lowest BCUT2D eigenvalue weighted by Crippen LogP contribution is -2.51. The molecule has 400 valence electrons. The molecule has 0 amide bonds. The van der Waals surface area contributed by atoms with E-state index in [-0.39, 0.29) is 22.9 Å². The Kier molecular flexibility index (Phi) is 25.7. The molecule has 0 radical (unpaired) electrons. The van der Waals surface area contributed by atoms with Crippen molar-refractivity contribution in [1.29, 1.82) is 0 Å². The Morgan fingerprint density at radius 3 is 1.00 bits per heavy atom. The molecule has 0 saturated heterocycles. The van der Waals surface area contributed by atoms with Gasteiger partial charge >= 0.3 is 0 Å². The van der Waals surface area contributed by atoms with Crippen LogP contribution in [-0.4, -0.2) is 112 Å². The number of rotatable bonds is 32. The topological polar surface area (TPSA) is 65.2 Å². The minimum atomic E-state index is -1.87. The summed E-state index contributed by atoms with van der Waals surface area (Å²) in [6, 6.07) is 11.9. The van der Waals surface area contributed by atoms with Gasteiger partial charge < -0.3 is 19.2 Å². The number of aromatic hydroxyl groups is 2. The van der Waals surface area contributed by atoms with E-state index in [1.807, 2.05) is 12.4 Å². The number of unbranched alkanes of at least 4 members (excludes halogenated alkanes) is 6. The van der Waals surface area contributed by atoms with E-state index in [1.165, 1.54) is 174 Å². The maximum absolute atomic E-state index is 12.0. The first-order valence-corrected chi connectivity index (χ1v) is 35.9.